The van der Waals surface area contributed by atoms with Crippen molar-refractivity contribution in [3.63, 3.8) is 0 Å². The van der Waals surface area contributed by atoms with E-state index in [1.54, 1.807) is 0 Å². The lowest BCUT2D eigenvalue weighted by Crippen LogP contribution is -2.40. The van der Waals surface area contributed by atoms with Crippen molar-refractivity contribution in [1.29, 1.82) is 0 Å². The number of hydrazine groups is 1. The number of aliphatic imine (C=N–C) groups is 1. The Morgan fingerprint density at radius 3 is 2.83 bits per heavy atom. The first-order chi connectivity index (χ1) is 8.69. The number of halogens is 1. The van der Waals surface area contributed by atoms with Gasteiger partial charge in [0, 0.05) is 11.4 Å². The Morgan fingerprint density at radius 1 is 1.44 bits per heavy atom. The predicted molar refractivity (Wildman–Crippen MR) is 69.5 cm³/mol. The number of hydrogen-bond donors (Lipinski definition) is 2. The van der Waals surface area contributed by atoms with Crippen molar-refractivity contribution in [3.8, 4) is 0 Å². The predicted octanol–water partition coefficient (Wildman–Crippen LogP) is 2.43. The smallest absolute Gasteiger partial charge is 0.425 e. The van der Waals surface area contributed by atoms with Gasteiger partial charge in [0.25, 0.3) is 0 Å². The van der Waals surface area contributed by atoms with Gasteiger partial charge in [-0.15, -0.1) is 0 Å². The fourth-order valence-corrected chi connectivity index (χ4v) is 1.91. The average molecular weight is 268 g/mol. The van der Waals surface area contributed by atoms with E-state index < -0.39 is 6.09 Å². The van der Waals surface area contributed by atoms with Gasteiger partial charge in [-0.05, 0) is 24.1 Å². The number of nitrogens with one attached hydrogen (secondary N) is 2. The Labute approximate surface area is 110 Å². The highest BCUT2D eigenvalue weighted by Crippen LogP contribution is 2.28. The Hall–Kier alpha value is -1.75. The van der Waals surface area contributed by atoms with E-state index >= 15 is 0 Å². The van der Waals surface area contributed by atoms with E-state index in [1.807, 2.05) is 24.3 Å². The SMILES string of the molecule is COC(=O)NNC1=NC(c2ccc(Cl)cc2)CC1. The molecule has 0 aliphatic carbocycles. The molecule has 0 spiro atoms. The number of ether oxygens (including phenoxy) is 1. The highest BCUT2D eigenvalue weighted by atomic mass is 35.5. The topological polar surface area (TPSA) is 62.7 Å². The Balaban J connectivity index is 1.95. The number of nitrogens with zero attached hydrogens (tertiary/aromatic N) is 1. The molecule has 5 nitrogen and oxygen atoms in total. The normalized spacial score (nSPS) is 18.1. The van der Waals surface area contributed by atoms with E-state index in [-0.39, 0.29) is 6.04 Å². The molecule has 6 heteroatoms. The van der Waals surface area contributed by atoms with Crippen LogP contribution in [-0.4, -0.2) is 19.0 Å². The highest BCUT2D eigenvalue weighted by Gasteiger charge is 2.19. The van der Waals surface area contributed by atoms with Crippen LogP contribution in [0, 0.1) is 0 Å². The first kappa shape index (κ1) is 12.7. The monoisotopic (exact) mass is 267 g/mol. The molecule has 1 unspecified atom stereocenters. The molecule has 1 aliphatic rings. The average Bonchev–Trinajstić information content (AvgIpc) is 2.85. The summed E-state index contributed by atoms with van der Waals surface area (Å²) in [5.74, 6) is 0.750. The number of carbonyl (C=O) groups is 1. The number of amides is 1. The molecule has 1 aromatic carbocycles. The van der Waals surface area contributed by atoms with Crippen molar-refractivity contribution in [2.24, 2.45) is 4.99 Å². The van der Waals surface area contributed by atoms with Gasteiger partial charge in [-0.2, -0.15) is 0 Å². The van der Waals surface area contributed by atoms with Crippen LogP contribution in [-0.2, 0) is 4.74 Å². The van der Waals surface area contributed by atoms with E-state index in [0.717, 1.165) is 24.2 Å². The first-order valence-corrected chi connectivity index (χ1v) is 5.99. The number of carbonyl (C=O) groups excluding carboxylic acids is 1. The number of hydrogen-bond acceptors (Lipinski definition) is 4. The Morgan fingerprint density at radius 2 is 2.17 bits per heavy atom. The molecule has 1 aliphatic heterocycles. The molecule has 0 saturated heterocycles. The third-order valence-corrected chi connectivity index (χ3v) is 2.97. The first-order valence-electron chi connectivity index (χ1n) is 5.61. The van der Waals surface area contributed by atoms with Gasteiger partial charge >= 0.3 is 6.09 Å². The molecule has 0 fully saturated rings. The van der Waals surface area contributed by atoms with Crippen LogP contribution in [0.2, 0.25) is 5.02 Å². The molecule has 2 rings (SSSR count). The third kappa shape index (κ3) is 3.13. The summed E-state index contributed by atoms with van der Waals surface area (Å²) in [6, 6.07) is 7.75. The van der Waals surface area contributed by atoms with Crippen LogP contribution in [0.4, 0.5) is 4.79 Å². The fraction of sp³-hybridized carbons (Fsp3) is 0.333. The molecule has 0 bridgehead atoms. The summed E-state index contributed by atoms with van der Waals surface area (Å²) in [7, 11) is 1.31. The molecule has 2 N–H and O–H groups in total. The second-order valence-corrected chi connectivity index (χ2v) is 4.36. The molecule has 1 aromatic rings. The molecule has 0 radical (unpaired) electrons. The van der Waals surface area contributed by atoms with E-state index in [9.17, 15) is 4.79 Å². The molecule has 1 atom stereocenters. The highest BCUT2D eigenvalue weighted by molar-refractivity contribution is 6.30. The van der Waals surface area contributed by atoms with Crippen LogP contribution in [0.3, 0.4) is 0 Å². The number of methoxy groups -OCH3 is 1. The van der Waals surface area contributed by atoms with Crippen LogP contribution in [0.5, 0.6) is 0 Å². The summed E-state index contributed by atoms with van der Waals surface area (Å²) in [6.07, 6.45) is 1.16. The fourth-order valence-electron chi connectivity index (χ4n) is 1.79. The van der Waals surface area contributed by atoms with Gasteiger partial charge in [-0.25, -0.2) is 10.2 Å². The minimum atomic E-state index is -0.535. The van der Waals surface area contributed by atoms with Crippen LogP contribution in [0.25, 0.3) is 0 Å². The summed E-state index contributed by atoms with van der Waals surface area (Å²) in [4.78, 5) is 15.4. The Bertz CT molecular complexity index is 459. The zero-order valence-corrected chi connectivity index (χ0v) is 10.7. The summed E-state index contributed by atoms with van der Waals surface area (Å²) in [5, 5.41) is 0.714. The minimum Gasteiger partial charge on any atom is -0.452 e. The maximum Gasteiger partial charge on any atom is 0.425 e. The van der Waals surface area contributed by atoms with Crippen molar-refractivity contribution in [2.45, 2.75) is 18.9 Å². The van der Waals surface area contributed by atoms with Crippen molar-refractivity contribution in [3.05, 3.63) is 34.9 Å². The molecule has 96 valence electrons. The molecule has 18 heavy (non-hydrogen) atoms. The van der Waals surface area contributed by atoms with Crippen molar-refractivity contribution < 1.29 is 9.53 Å². The lowest BCUT2D eigenvalue weighted by Gasteiger charge is -2.06. The maximum atomic E-state index is 10.9. The van der Waals surface area contributed by atoms with Crippen molar-refractivity contribution >= 4 is 23.5 Å². The van der Waals surface area contributed by atoms with E-state index in [4.69, 9.17) is 11.6 Å². The molecule has 1 heterocycles. The zero-order valence-electron chi connectivity index (χ0n) is 9.94. The second-order valence-electron chi connectivity index (χ2n) is 3.92. The largest absolute Gasteiger partial charge is 0.452 e. The van der Waals surface area contributed by atoms with Gasteiger partial charge in [0.2, 0.25) is 0 Å². The molecule has 0 saturated carbocycles. The number of rotatable bonds is 1. The third-order valence-electron chi connectivity index (χ3n) is 2.72. The summed E-state index contributed by atoms with van der Waals surface area (Å²) < 4.78 is 4.45. The summed E-state index contributed by atoms with van der Waals surface area (Å²) in [6.45, 7) is 0. The van der Waals surface area contributed by atoms with Crippen LogP contribution < -0.4 is 10.9 Å². The van der Waals surface area contributed by atoms with E-state index in [1.165, 1.54) is 7.11 Å². The van der Waals surface area contributed by atoms with Gasteiger partial charge in [0.15, 0.2) is 0 Å². The minimum absolute atomic E-state index is 0.115. The molecular weight excluding hydrogens is 254 g/mol. The van der Waals surface area contributed by atoms with Crippen LogP contribution >= 0.6 is 11.6 Å². The molecule has 0 aromatic heterocycles. The molecule has 1 amide bonds. The van der Waals surface area contributed by atoms with Gasteiger partial charge in [-0.3, -0.25) is 10.4 Å². The summed E-state index contributed by atoms with van der Waals surface area (Å²) in [5.41, 5.74) is 6.25. The number of amidine groups is 1. The van der Waals surface area contributed by atoms with Crippen LogP contribution in [0.1, 0.15) is 24.4 Å². The van der Waals surface area contributed by atoms with Gasteiger partial charge in [-0.1, -0.05) is 23.7 Å². The van der Waals surface area contributed by atoms with Gasteiger partial charge in [0.1, 0.15) is 5.84 Å². The quantitative estimate of drug-likeness (QED) is 0.768. The molecular formula is C12H14ClN3O2. The standard InChI is InChI=1S/C12H14ClN3O2/c1-18-12(17)16-15-11-7-6-10(14-11)8-2-4-9(13)5-3-8/h2-5,10H,6-7H2,1H3,(H,14,15)(H,16,17). The lowest BCUT2D eigenvalue weighted by atomic mass is 10.1. The second kappa shape index (κ2) is 5.73. The summed E-state index contributed by atoms with van der Waals surface area (Å²) >= 11 is 5.84. The maximum absolute atomic E-state index is 10.9. The van der Waals surface area contributed by atoms with Crippen molar-refractivity contribution in [1.82, 2.24) is 10.9 Å². The van der Waals surface area contributed by atoms with Gasteiger partial charge in [0.05, 0.1) is 13.2 Å². The van der Waals surface area contributed by atoms with E-state index in [2.05, 4.69) is 20.6 Å². The Kier molecular flexibility index (Phi) is 4.04. The van der Waals surface area contributed by atoms with Gasteiger partial charge < -0.3 is 4.74 Å². The van der Waals surface area contributed by atoms with Crippen LogP contribution in [0.15, 0.2) is 29.3 Å². The van der Waals surface area contributed by atoms with Crippen molar-refractivity contribution in [2.75, 3.05) is 7.11 Å². The van der Waals surface area contributed by atoms with E-state index in [0.29, 0.717) is 5.02 Å². The lowest BCUT2D eigenvalue weighted by molar-refractivity contribution is 0.168. The number of benzene rings is 1. The zero-order chi connectivity index (χ0) is 13.0.